The Morgan fingerprint density at radius 2 is 2.47 bits per heavy atom. The molecule has 2 rings (SSSR count). The highest BCUT2D eigenvalue weighted by Gasteiger charge is 2.22. The van der Waals surface area contributed by atoms with Crippen molar-refractivity contribution in [3.05, 3.63) is 11.7 Å². The van der Waals surface area contributed by atoms with E-state index in [4.69, 9.17) is 9.26 Å². The first-order valence-corrected chi connectivity index (χ1v) is 5.90. The molecule has 1 aliphatic heterocycles. The molecule has 0 radical (unpaired) electrons. The molecule has 6 nitrogen and oxygen atoms in total. The molecule has 1 saturated heterocycles. The minimum absolute atomic E-state index is 0.0145. The molecule has 17 heavy (non-hydrogen) atoms. The van der Waals surface area contributed by atoms with Crippen LogP contribution in [0.15, 0.2) is 4.52 Å². The van der Waals surface area contributed by atoms with E-state index in [0.29, 0.717) is 25.5 Å². The van der Waals surface area contributed by atoms with Gasteiger partial charge in [-0.05, 0) is 12.8 Å². The van der Waals surface area contributed by atoms with Crippen LogP contribution in [0, 0.1) is 0 Å². The van der Waals surface area contributed by atoms with Gasteiger partial charge in [-0.1, -0.05) is 5.16 Å². The van der Waals surface area contributed by atoms with Gasteiger partial charge in [0.05, 0.1) is 6.61 Å². The van der Waals surface area contributed by atoms with Gasteiger partial charge in [-0.25, -0.2) is 0 Å². The largest absolute Gasteiger partial charge is 0.381 e. The molecule has 0 bridgehead atoms. The monoisotopic (exact) mass is 239 g/mol. The van der Waals surface area contributed by atoms with E-state index in [-0.39, 0.29) is 11.8 Å². The summed E-state index contributed by atoms with van der Waals surface area (Å²) in [6, 6.07) is 0. The number of nitrogens with zero attached hydrogens (tertiary/aromatic N) is 2. The maximum Gasteiger partial charge on any atom is 0.226 e. The van der Waals surface area contributed by atoms with Crippen LogP contribution < -0.4 is 5.32 Å². The van der Waals surface area contributed by atoms with E-state index in [1.807, 2.05) is 0 Å². The molecule has 2 heterocycles. The molecule has 1 aliphatic rings. The van der Waals surface area contributed by atoms with Gasteiger partial charge in [-0.3, -0.25) is 4.79 Å². The van der Waals surface area contributed by atoms with E-state index in [0.717, 1.165) is 25.3 Å². The third-order valence-electron chi connectivity index (χ3n) is 2.72. The average Bonchev–Trinajstić information content (AvgIpc) is 2.94. The van der Waals surface area contributed by atoms with Crippen LogP contribution in [-0.2, 0) is 16.0 Å². The number of aryl methyl sites for hydroxylation is 1. The van der Waals surface area contributed by atoms with E-state index in [1.165, 1.54) is 6.92 Å². The van der Waals surface area contributed by atoms with Crippen LogP contribution in [0.3, 0.4) is 0 Å². The number of nitrogens with one attached hydrogen (secondary N) is 1. The highest BCUT2D eigenvalue weighted by Crippen LogP contribution is 2.22. The number of amides is 1. The highest BCUT2D eigenvalue weighted by atomic mass is 16.5. The Kier molecular flexibility index (Phi) is 4.08. The minimum Gasteiger partial charge on any atom is -0.381 e. The molecule has 1 aromatic rings. The number of rotatable bonds is 5. The third kappa shape index (κ3) is 3.52. The summed E-state index contributed by atoms with van der Waals surface area (Å²) >= 11 is 0. The number of hydrogen-bond donors (Lipinski definition) is 1. The topological polar surface area (TPSA) is 77.2 Å². The van der Waals surface area contributed by atoms with Crippen molar-refractivity contribution < 1.29 is 14.1 Å². The zero-order valence-electron chi connectivity index (χ0n) is 9.94. The van der Waals surface area contributed by atoms with Crippen LogP contribution >= 0.6 is 0 Å². The fraction of sp³-hybridized carbons (Fsp3) is 0.727. The number of aromatic nitrogens is 2. The lowest BCUT2D eigenvalue weighted by molar-refractivity contribution is -0.118. The Hall–Kier alpha value is -1.43. The van der Waals surface area contributed by atoms with Crippen molar-refractivity contribution in [3.8, 4) is 0 Å². The second-order valence-corrected chi connectivity index (χ2v) is 4.19. The Balaban J connectivity index is 1.75. The van der Waals surface area contributed by atoms with Crippen LogP contribution in [0.5, 0.6) is 0 Å². The first-order valence-electron chi connectivity index (χ1n) is 5.90. The highest BCUT2D eigenvalue weighted by molar-refractivity contribution is 5.72. The van der Waals surface area contributed by atoms with Crippen molar-refractivity contribution in [2.45, 2.75) is 32.1 Å². The van der Waals surface area contributed by atoms with Gasteiger partial charge in [0.25, 0.3) is 0 Å². The third-order valence-corrected chi connectivity index (χ3v) is 2.72. The molecule has 6 heteroatoms. The number of carbonyl (C=O) groups excluding carboxylic acids is 1. The zero-order valence-corrected chi connectivity index (χ0v) is 9.94. The molecule has 1 aromatic heterocycles. The standard InChI is InChI=1S/C11H17N3O3/c1-8(15)12-5-2-3-10-13-11(14-17-10)9-4-6-16-7-9/h9H,2-7H2,1H3,(H,12,15)/t9-/m1/s1. The van der Waals surface area contributed by atoms with Crippen molar-refractivity contribution in [2.75, 3.05) is 19.8 Å². The Labute approximate surface area is 99.7 Å². The number of carbonyl (C=O) groups is 1. The summed E-state index contributed by atoms with van der Waals surface area (Å²) in [6.07, 6.45) is 2.47. The molecule has 0 saturated carbocycles. The van der Waals surface area contributed by atoms with Crippen LogP contribution in [0.1, 0.15) is 37.4 Å². The van der Waals surface area contributed by atoms with Crippen molar-refractivity contribution in [1.29, 1.82) is 0 Å². The van der Waals surface area contributed by atoms with Crippen molar-refractivity contribution in [3.63, 3.8) is 0 Å². The van der Waals surface area contributed by atoms with Crippen LogP contribution in [0.25, 0.3) is 0 Å². The number of ether oxygens (including phenoxy) is 1. The zero-order chi connectivity index (χ0) is 12.1. The molecule has 1 fully saturated rings. The molecule has 0 aliphatic carbocycles. The maximum atomic E-state index is 10.7. The maximum absolute atomic E-state index is 10.7. The molecule has 0 unspecified atom stereocenters. The van der Waals surface area contributed by atoms with E-state index in [2.05, 4.69) is 15.5 Å². The molecule has 0 aromatic carbocycles. The molecule has 1 atom stereocenters. The van der Waals surface area contributed by atoms with Crippen molar-refractivity contribution >= 4 is 5.91 Å². The molecule has 1 amide bonds. The summed E-state index contributed by atoms with van der Waals surface area (Å²) in [6.45, 7) is 3.60. The molecular weight excluding hydrogens is 222 g/mol. The quantitative estimate of drug-likeness (QED) is 0.763. The van der Waals surface area contributed by atoms with Gasteiger partial charge in [0.2, 0.25) is 11.8 Å². The molecule has 0 spiro atoms. The second-order valence-electron chi connectivity index (χ2n) is 4.19. The SMILES string of the molecule is CC(=O)NCCCc1nc([C@@H]2CCOC2)no1. The van der Waals surface area contributed by atoms with Gasteiger partial charge in [0.1, 0.15) is 0 Å². The average molecular weight is 239 g/mol. The van der Waals surface area contributed by atoms with Gasteiger partial charge in [-0.15, -0.1) is 0 Å². The normalized spacial score (nSPS) is 19.5. The Morgan fingerprint density at radius 1 is 1.59 bits per heavy atom. The van der Waals surface area contributed by atoms with Crippen LogP contribution in [-0.4, -0.2) is 35.8 Å². The first kappa shape index (κ1) is 12.0. The van der Waals surface area contributed by atoms with Gasteiger partial charge in [0, 0.05) is 32.4 Å². The fourth-order valence-corrected chi connectivity index (χ4v) is 1.78. The van der Waals surface area contributed by atoms with E-state index in [1.54, 1.807) is 0 Å². The predicted molar refractivity (Wildman–Crippen MR) is 59.5 cm³/mol. The lowest BCUT2D eigenvalue weighted by Gasteiger charge is -1.99. The minimum atomic E-state index is -0.0145. The predicted octanol–water partition coefficient (Wildman–Crippen LogP) is 0.642. The Morgan fingerprint density at radius 3 is 3.18 bits per heavy atom. The van der Waals surface area contributed by atoms with Gasteiger partial charge in [-0.2, -0.15) is 4.98 Å². The first-order chi connectivity index (χ1) is 8.25. The molecule has 94 valence electrons. The molecule has 1 N–H and O–H groups in total. The lowest BCUT2D eigenvalue weighted by atomic mass is 10.1. The number of hydrogen-bond acceptors (Lipinski definition) is 5. The second kappa shape index (κ2) is 5.77. The van der Waals surface area contributed by atoms with Gasteiger partial charge >= 0.3 is 0 Å². The van der Waals surface area contributed by atoms with Crippen molar-refractivity contribution in [2.24, 2.45) is 0 Å². The summed E-state index contributed by atoms with van der Waals surface area (Å²) in [5.74, 6) is 1.65. The van der Waals surface area contributed by atoms with Crippen LogP contribution in [0.4, 0.5) is 0 Å². The fourth-order valence-electron chi connectivity index (χ4n) is 1.78. The summed E-state index contributed by atoms with van der Waals surface area (Å²) < 4.78 is 10.4. The van der Waals surface area contributed by atoms with E-state index < -0.39 is 0 Å². The summed E-state index contributed by atoms with van der Waals surface area (Å²) in [5.41, 5.74) is 0. The van der Waals surface area contributed by atoms with Crippen molar-refractivity contribution in [1.82, 2.24) is 15.5 Å². The van der Waals surface area contributed by atoms with E-state index in [9.17, 15) is 4.79 Å². The Bertz CT molecular complexity index is 372. The van der Waals surface area contributed by atoms with Gasteiger partial charge in [0.15, 0.2) is 5.82 Å². The summed E-state index contributed by atoms with van der Waals surface area (Å²) in [5, 5.41) is 6.69. The van der Waals surface area contributed by atoms with E-state index >= 15 is 0 Å². The lowest BCUT2D eigenvalue weighted by Crippen LogP contribution is -2.21. The molecular formula is C11H17N3O3. The smallest absolute Gasteiger partial charge is 0.226 e. The van der Waals surface area contributed by atoms with Crippen LogP contribution in [0.2, 0.25) is 0 Å². The summed E-state index contributed by atoms with van der Waals surface area (Å²) in [7, 11) is 0. The summed E-state index contributed by atoms with van der Waals surface area (Å²) in [4.78, 5) is 15.0. The van der Waals surface area contributed by atoms with Gasteiger partial charge < -0.3 is 14.6 Å².